The van der Waals surface area contributed by atoms with Crippen molar-refractivity contribution in [2.24, 2.45) is 0 Å². The number of benzene rings is 1. The maximum absolute atomic E-state index is 11.6. The van der Waals surface area contributed by atoms with E-state index in [1.807, 2.05) is 0 Å². The van der Waals surface area contributed by atoms with Crippen LogP contribution in [0.25, 0.3) is 0 Å². The fraction of sp³-hybridized carbons (Fsp3) is 0.222. The third-order valence-corrected chi connectivity index (χ3v) is 3.33. The quantitative estimate of drug-likeness (QED) is 0.474. The Labute approximate surface area is 97.9 Å². The number of hydrogen-bond donors (Lipinski definition) is 1. The lowest BCUT2D eigenvalue weighted by molar-refractivity contribution is -0.385. The van der Waals surface area contributed by atoms with Gasteiger partial charge < -0.3 is 0 Å². The summed E-state index contributed by atoms with van der Waals surface area (Å²) in [5, 5.41) is 18.8. The molecule has 0 atom stereocenters. The molecule has 0 saturated carbocycles. The van der Waals surface area contributed by atoms with Gasteiger partial charge in [-0.1, -0.05) is 6.07 Å². The maximum atomic E-state index is 11.6. The fourth-order valence-electron chi connectivity index (χ4n) is 1.09. The first kappa shape index (κ1) is 13.1. The molecule has 17 heavy (non-hydrogen) atoms. The van der Waals surface area contributed by atoms with Crippen molar-refractivity contribution in [3.8, 4) is 6.07 Å². The highest BCUT2D eigenvalue weighted by molar-refractivity contribution is 7.89. The van der Waals surface area contributed by atoms with Crippen molar-refractivity contribution >= 4 is 15.7 Å². The molecule has 0 unspecified atom stereocenters. The third kappa shape index (κ3) is 3.51. The number of hydrogen-bond acceptors (Lipinski definition) is 5. The Hall–Kier alpha value is -1.98. The van der Waals surface area contributed by atoms with Crippen LogP contribution in [0.4, 0.5) is 5.69 Å². The van der Waals surface area contributed by atoms with Crippen LogP contribution in [0.3, 0.4) is 0 Å². The molecule has 7 nitrogen and oxygen atoms in total. The summed E-state index contributed by atoms with van der Waals surface area (Å²) in [5.41, 5.74) is -0.298. The van der Waals surface area contributed by atoms with Crippen LogP contribution in [-0.4, -0.2) is 19.9 Å². The molecule has 0 radical (unpaired) electrons. The number of rotatable bonds is 5. The number of nitro benzene ring substituents is 1. The number of nitrogens with one attached hydrogen (secondary N) is 1. The zero-order valence-electron chi connectivity index (χ0n) is 8.66. The number of nitrogens with zero attached hydrogens (tertiary/aromatic N) is 2. The smallest absolute Gasteiger partial charge is 0.258 e. The highest BCUT2D eigenvalue weighted by Crippen LogP contribution is 2.16. The molecule has 1 aromatic rings. The SMILES string of the molecule is N#CCCNS(=O)(=O)c1cccc([N+](=O)[O-])c1. The van der Waals surface area contributed by atoms with Crippen molar-refractivity contribution in [3.63, 3.8) is 0 Å². The van der Waals surface area contributed by atoms with Crippen molar-refractivity contribution in [1.82, 2.24) is 4.72 Å². The number of nitro groups is 1. The first-order valence-corrected chi connectivity index (χ1v) is 6.07. The Bertz CT molecular complexity index is 562. The summed E-state index contributed by atoms with van der Waals surface area (Å²) in [6.07, 6.45) is 0.0359. The van der Waals surface area contributed by atoms with Gasteiger partial charge in [0.25, 0.3) is 5.69 Å². The molecule has 0 saturated heterocycles. The summed E-state index contributed by atoms with van der Waals surface area (Å²) < 4.78 is 25.4. The first-order chi connectivity index (χ1) is 7.97. The Morgan fingerprint density at radius 3 is 2.76 bits per heavy atom. The summed E-state index contributed by atoms with van der Waals surface area (Å²) >= 11 is 0. The molecule has 0 aromatic heterocycles. The van der Waals surface area contributed by atoms with Crippen molar-refractivity contribution < 1.29 is 13.3 Å². The summed E-state index contributed by atoms with van der Waals surface area (Å²) in [7, 11) is -3.79. The van der Waals surface area contributed by atoms with Gasteiger partial charge in [-0.2, -0.15) is 5.26 Å². The number of non-ortho nitro benzene ring substituents is 1. The molecule has 1 N–H and O–H groups in total. The largest absolute Gasteiger partial charge is 0.270 e. The fourth-order valence-corrected chi connectivity index (χ4v) is 2.16. The van der Waals surface area contributed by atoms with Gasteiger partial charge in [-0.15, -0.1) is 0 Å². The summed E-state index contributed by atoms with van der Waals surface area (Å²) in [5.74, 6) is 0. The Morgan fingerprint density at radius 1 is 1.47 bits per heavy atom. The lowest BCUT2D eigenvalue weighted by Gasteiger charge is -2.04. The molecule has 1 rings (SSSR count). The molecule has 1 aromatic carbocycles. The molecule has 8 heteroatoms. The molecule has 0 aliphatic heterocycles. The minimum atomic E-state index is -3.79. The summed E-state index contributed by atoms with van der Waals surface area (Å²) in [4.78, 5) is 9.63. The van der Waals surface area contributed by atoms with E-state index >= 15 is 0 Å². The third-order valence-electron chi connectivity index (χ3n) is 1.87. The number of sulfonamides is 1. The Kier molecular flexibility index (Phi) is 4.14. The van der Waals surface area contributed by atoms with Crippen LogP contribution in [0.15, 0.2) is 29.2 Å². The zero-order valence-corrected chi connectivity index (χ0v) is 9.48. The van der Waals surface area contributed by atoms with Gasteiger partial charge in [0.05, 0.1) is 15.9 Å². The van der Waals surface area contributed by atoms with Crippen LogP contribution in [0, 0.1) is 21.4 Å². The van der Waals surface area contributed by atoms with E-state index in [-0.39, 0.29) is 23.5 Å². The van der Waals surface area contributed by atoms with Gasteiger partial charge in [-0.05, 0) is 6.07 Å². The van der Waals surface area contributed by atoms with E-state index in [2.05, 4.69) is 4.72 Å². The molecule has 0 aliphatic rings. The highest BCUT2D eigenvalue weighted by atomic mass is 32.2. The molecular weight excluding hydrogens is 246 g/mol. The van der Waals surface area contributed by atoms with E-state index < -0.39 is 14.9 Å². The lowest BCUT2D eigenvalue weighted by atomic mass is 10.3. The first-order valence-electron chi connectivity index (χ1n) is 4.58. The van der Waals surface area contributed by atoms with Gasteiger partial charge in [-0.3, -0.25) is 10.1 Å². The van der Waals surface area contributed by atoms with Crippen molar-refractivity contribution in [2.75, 3.05) is 6.54 Å². The maximum Gasteiger partial charge on any atom is 0.270 e. The highest BCUT2D eigenvalue weighted by Gasteiger charge is 2.16. The van der Waals surface area contributed by atoms with E-state index in [0.717, 1.165) is 6.07 Å². The average molecular weight is 255 g/mol. The average Bonchev–Trinajstić information content (AvgIpc) is 2.29. The van der Waals surface area contributed by atoms with Gasteiger partial charge in [0.15, 0.2) is 0 Å². The predicted octanol–water partition coefficient (Wildman–Crippen LogP) is 0.787. The molecule has 0 fully saturated rings. The van der Waals surface area contributed by atoms with Gasteiger partial charge in [0.2, 0.25) is 10.0 Å². The zero-order chi connectivity index (χ0) is 12.9. The van der Waals surface area contributed by atoms with Gasteiger partial charge in [-0.25, -0.2) is 13.1 Å². The second-order valence-corrected chi connectivity index (χ2v) is 4.83. The molecule has 0 heterocycles. The molecule has 0 spiro atoms. The molecule has 0 aliphatic carbocycles. The van der Waals surface area contributed by atoms with Gasteiger partial charge >= 0.3 is 0 Å². The standard InChI is InChI=1S/C9H9N3O4S/c10-5-2-6-11-17(15,16)9-4-1-3-8(7-9)12(13)14/h1,3-4,7,11H,2,6H2. The van der Waals surface area contributed by atoms with E-state index in [1.54, 1.807) is 6.07 Å². The Morgan fingerprint density at radius 2 is 2.18 bits per heavy atom. The summed E-state index contributed by atoms with van der Waals surface area (Å²) in [6, 6.07) is 6.50. The van der Waals surface area contributed by atoms with Crippen LogP contribution in [-0.2, 0) is 10.0 Å². The van der Waals surface area contributed by atoms with Crippen LogP contribution in [0.5, 0.6) is 0 Å². The van der Waals surface area contributed by atoms with Crippen LogP contribution in [0.1, 0.15) is 6.42 Å². The summed E-state index contributed by atoms with van der Waals surface area (Å²) in [6.45, 7) is -0.0263. The minimum Gasteiger partial charge on any atom is -0.258 e. The predicted molar refractivity (Wildman–Crippen MR) is 58.5 cm³/mol. The van der Waals surface area contributed by atoms with Gasteiger partial charge in [0.1, 0.15) is 0 Å². The number of nitriles is 1. The second kappa shape index (κ2) is 5.38. The lowest BCUT2D eigenvalue weighted by Crippen LogP contribution is -2.24. The van der Waals surface area contributed by atoms with E-state index in [0.29, 0.717) is 0 Å². The van der Waals surface area contributed by atoms with Crippen LogP contribution in [0.2, 0.25) is 0 Å². The molecule has 0 bridgehead atoms. The van der Waals surface area contributed by atoms with E-state index in [9.17, 15) is 18.5 Å². The van der Waals surface area contributed by atoms with Crippen molar-refractivity contribution in [2.45, 2.75) is 11.3 Å². The van der Waals surface area contributed by atoms with E-state index in [4.69, 9.17) is 5.26 Å². The Balaban J connectivity index is 2.96. The van der Waals surface area contributed by atoms with Crippen molar-refractivity contribution in [3.05, 3.63) is 34.4 Å². The molecule has 0 amide bonds. The topological polar surface area (TPSA) is 113 Å². The minimum absolute atomic E-state index is 0.0263. The van der Waals surface area contributed by atoms with Gasteiger partial charge in [0, 0.05) is 25.1 Å². The second-order valence-electron chi connectivity index (χ2n) is 3.06. The van der Waals surface area contributed by atoms with Crippen molar-refractivity contribution in [1.29, 1.82) is 5.26 Å². The normalized spacial score (nSPS) is 10.8. The van der Waals surface area contributed by atoms with E-state index in [1.165, 1.54) is 18.2 Å². The molecule has 90 valence electrons. The molecular formula is C9H9N3O4S. The van der Waals surface area contributed by atoms with Crippen LogP contribution >= 0.6 is 0 Å². The van der Waals surface area contributed by atoms with Crippen LogP contribution < -0.4 is 4.72 Å². The monoisotopic (exact) mass is 255 g/mol.